The number of likely N-dealkylation sites (tertiary alicyclic amines) is 2. The molecule has 31 heavy (non-hydrogen) atoms. The normalized spacial score (nSPS) is 34.1. The molecular weight excluding hydrogens is 409 g/mol. The first-order valence-corrected chi connectivity index (χ1v) is 12.1. The molecule has 4 fully saturated rings. The highest BCUT2D eigenvalue weighted by molar-refractivity contribution is 5.78. The van der Waals surface area contributed by atoms with Crippen LogP contribution in [0.2, 0.25) is 0 Å². The van der Waals surface area contributed by atoms with Crippen LogP contribution in [0.5, 0.6) is 0 Å². The fourth-order valence-electron chi connectivity index (χ4n) is 6.35. The van der Waals surface area contributed by atoms with E-state index in [1.807, 2.05) is 4.90 Å². The minimum Gasteiger partial charge on any atom is -0.390 e. The molecule has 0 aromatic carbocycles. The van der Waals surface area contributed by atoms with E-state index in [0.717, 1.165) is 71.1 Å². The van der Waals surface area contributed by atoms with Crippen LogP contribution in [0.1, 0.15) is 64.2 Å². The average molecular weight is 447 g/mol. The Morgan fingerprint density at radius 3 is 2.29 bits per heavy atom. The van der Waals surface area contributed by atoms with Gasteiger partial charge in [-0.05, 0) is 51.1 Å². The topological polar surface area (TPSA) is 67.8 Å². The van der Waals surface area contributed by atoms with Crippen LogP contribution in [-0.2, 0) is 4.79 Å². The van der Waals surface area contributed by atoms with Gasteiger partial charge in [0, 0.05) is 31.6 Å². The van der Waals surface area contributed by atoms with E-state index in [0.29, 0.717) is 25.2 Å². The van der Waals surface area contributed by atoms with Crippen LogP contribution in [0.15, 0.2) is 0 Å². The van der Waals surface area contributed by atoms with E-state index < -0.39 is 24.0 Å². The fourth-order valence-corrected chi connectivity index (χ4v) is 6.35. The number of piperidine rings is 1. The lowest BCUT2D eigenvalue weighted by atomic mass is 9.78. The minimum atomic E-state index is -4.40. The Balaban J connectivity index is 1.48. The van der Waals surface area contributed by atoms with Gasteiger partial charge < -0.3 is 10.0 Å². The number of carbonyl (C=O) groups excluding carboxylic acids is 1. The predicted octanol–water partition coefficient (Wildman–Crippen LogP) is 2.22. The Labute approximate surface area is 182 Å². The minimum absolute atomic E-state index is 0.0637. The summed E-state index contributed by atoms with van der Waals surface area (Å²) in [4.78, 5) is 16.2. The summed E-state index contributed by atoms with van der Waals surface area (Å²) in [5.74, 6) is 0.674. The van der Waals surface area contributed by atoms with Crippen molar-refractivity contribution < 1.29 is 23.1 Å². The van der Waals surface area contributed by atoms with Crippen LogP contribution in [-0.4, -0.2) is 83.6 Å². The summed E-state index contributed by atoms with van der Waals surface area (Å²) in [6, 6.07) is -0.334. The highest BCUT2D eigenvalue weighted by Crippen LogP contribution is 2.38. The molecule has 0 radical (unpaired) electrons. The first-order chi connectivity index (χ1) is 14.8. The van der Waals surface area contributed by atoms with Crippen molar-refractivity contribution in [2.75, 3.05) is 32.7 Å². The smallest absolute Gasteiger partial charge is 0.390 e. The average Bonchev–Trinajstić information content (AvgIpc) is 2.91. The van der Waals surface area contributed by atoms with Gasteiger partial charge in [0.1, 0.15) is 0 Å². The second-order valence-electron chi connectivity index (χ2n) is 10.0. The number of β-amino-alcohol motifs (C(OH)–C–C–N with tert-alkyl or cyclic N) is 1. The lowest BCUT2D eigenvalue weighted by molar-refractivity contribution is -0.168. The number of aliphatic hydroxyl groups excluding tert-OH is 1. The summed E-state index contributed by atoms with van der Waals surface area (Å²) >= 11 is 0. The standard InChI is InChI=1S/C22H37F3N4O2/c23-22(24,25)20-26-14-17(30)19(21(27-20)9-3-1-2-4-10-21)28-12-7-16(8-13-28)15-29-11-5-6-18(29)31/h16-17,19-20,26-27,30H,1-15H2. The summed E-state index contributed by atoms with van der Waals surface area (Å²) < 4.78 is 41.0. The quantitative estimate of drug-likeness (QED) is 0.621. The van der Waals surface area contributed by atoms with Crippen molar-refractivity contribution in [1.82, 2.24) is 20.4 Å². The number of aliphatic hydroxyl groups is 1. The Hall–Kier alpha value is -0.900. The van der Waals surface area contributed by atoms with Gasteiger partial charge in [0.2, 0.25) is 5.91 Å². The van der Waals surface area contributed by atoms with Crippen molar-refractivity contribution in [2.45, 2.75) is 94.2 Å². The first kappa shape index (κ1) is 23.3. The number of carbonyl (C=O) groups is 1. The number of hydrogen-bond acceptors (Lipinski definition) is 5. The van der Waals surface area contributed by atoms with Crippen molar-refractivity contribution in [3.63, 3.8) is 0 Å². The third-order valence-corrected chi connectivity index (χ3v) is 7.91. The van der Waals surface area contributed by atoms with E-state index in [4.69, 9.17) is 0 Å². The van der Waals surface area contributed by atoms with Gasteiger partial charge in [0.15, 0.2) is 6.17 Å². The Morgan fingerprint density at radius 1 is 1.03 bits per heavy atom. The molecule has 3 heterocycles. The molecule has 0 aromatic rings. The zero-order valence-electron chi connectivity index (χ0n) is 18.3. The highest BCUT2D eigenvalue weighted by atomic mass is 19.4. The molecule has 3 saturated heterocycles. The number of nitrogens with one attached hydrogen (secondary N) is 2. The lowest BCUT2D eigenvalue weighted by Gasteiger charge is -2.50. The van der Waals surface area contributed by atoms with E-state index in [2.05, 4.69) is 15.5 Å². The van der Waals surface area contributed by atoms with Crippen LogP contribution in [0, 0.1) is 5.92 Å². The third kappa shape index (κ3) is 5.20. The first-order valence-electron chi connectivity index (χ1n) is 12.1. The highest BCUT2D eigenvalue weighted by Gasteiger charge is 2.53. The Bertz CT molecular complexity index is 616. The van der Waals surface area contributed by atoms with Gasteiger partial charge in [0.05, 0.1) is 12.1 Å². The molecule has 1 saturated carbocycles. The summed E-state index contributed by atoms with van der Waals surface area (Å²) in [5, 5.41) is 16.6. The lowest BCUT2D eigenvalue weighted by Crippen LogP contribution is -2.68. The van der Waals surface area contributed by atoms with Gasteiger partial charge in [-0.25, -0.2) is 0 Å². The van der Waals surface area contributed by atoms with Crippen molar-refractivity contribution in [1.29, 1.82) is 0 Å². The molecule has 1 aliphatic carbocycles. The van der Waals surface area contributed by atoms with Crippen LogP contribution in [0.25, 0.3) is 0 Å². The van der Waals surface area contributed by atoms with Gasteiger partial charge in [-0.1, -0.05) is 25.7 Å². The molecule has 4 rings (SSSR count). The molecule has 1 spiro atoms. The van der Waals surface area contributed by atoms with E-state index in [1.165, 1.54) is 0 Å². The maximum Gasteiger partial charge on any atom is 0.417 e. The predicted molar refractivity (Wildman–Crippen MR) is 111 cm³/mol. The van der Waals surface area contributed by atoms with Gasteiger partial charge in [-0.2, -0.15) is 13.2 Å². The summed E-state index contributed by atoms with van der Waals surface area (Å²) in [5.41, 5.74) is -0.739. The number of amides is 1. The van der Waals surface area contributed by atoms with Crippen LogP contribution < -0.4 is 10.6 Å². The SMILES string of the molecule is O=C1CCCN1CC1CCN(C2C(O)CNC(C(F)(F)F)NC23CCCCCC3)CC1. The van der Waals surface area contributed by atoms with Crippen molar-refractivity contribution in [3.05, 3.63) is 0 Å². The van der Waals surface area contributed by atoms with E-state index in [-0.39, 0.29) is 18.5 Å². The maximum absolute atomic E-state index is 13.7. The van der Waals surface area contributed by atoms with Gasteiger partial charge in [-0.3, -0.25) is 20.3 Å². The Morgan fingerprint density at radius 2 is 1.71 bits per heavy atom. The number of halogens is 3. The molecule has 0 aromatic heterocycles. The molecule has 178 valence electrons. The molecule has 3 unspecified atom stereocenters. The van der Waals surface area contributed by atoms with E-state index in [1.54, 1.807) is 0 Å². The number of rotatable bonds is 3. The molecule has 0 bridgehead atoms. The summed E-state index contributed by atoms with van der Waals surface area (Å²) in [6.07, 6.45) is 1.52. The number of hydrogen-bond donors (Lipinski definition) is 3. The van der Waals surface area contributed by atoms with Gasteiger partial charge in [-0.15, -0.1) is 0 Å². The zero-order valence-corrected chi connectivity index (χ0v) is 18.3. The molecule has 3 atom stereocenters. The van der Waals surface area contributed by atoms with Crippen LogP contribution >= 0.6 is 0 Å². The van der Waals surface area contributed by atoms with E-state index >= 15 is 0 Å². The third-order valence-electron chi connectivity index (χ3n) is 7.91. The van der Waals surface area contributed by atoms with Gasteiger partial charge >= 0.3 is 6.18 Å². The van der Waals surface area contributed by atoms with Crippen LogP contribution in [0.4, 0.5) is 13.2 Å². The maximum atomic E-state index is 13.7. The summed E-state index contributed by atoms with van der Waals surface area (Å²) in [7, 11) is 0. The van der Waals surface area contributed by atoms with Crippen molar-refractivity contribution >= 4 is 5.91 Å². The molecular formula is C22H37F3N4O2. The number of nitrogens with zero attached hydrogens (tertiary/aromatic N) is 2. The zero-order chi connectivity index (χ0) is 22.1. The monoisotopic (exact) mass is 446 g/mol. The second-order valence-corrected chi connectivity index (χ2v) is 10.0. The van der Waals surface area contributed by atoms with Crippen LogP contribution in [0.3, 0.4) is 0 Å². The van der Waals surface area contributed by atoms with Crippen molar-refractivity contribution in [2.24, 2.45) is 5.92 Å². The molecule has 3 aliphatic heterocycles. The molecule has 4 aliphatic rings. The largest absolute Gasteiger partial charge is 0.417 e. The molecule has 6 nitrogen and oxygen atoms in total. The summed E-state index contributed by atoms with van der Waals surface area (Å²) in [6.45, 7) is 3.09. The molecule has 3 N–H and O–H groups in total. The van der Waals surface area contributed by atoms with Crippen molar-refractivity contribution in [3.8, 4) is 0 Å². The second kappa shape index (κ2) is 9.53. The van der Waals surface area contributed by atoms with E-state index in [9.17, 15) is 23.1 Å². The number of alkyl halides is 3. The Kier molecular flexibility index (Phi) is 7.15. The fraction of sp³-hybridized carbons (Fsp3) is 0.955. The molecule has 9 heteroatoms. The molecule has 1 amide bonds. The van der Waals surface area contributed by atoms with Gasteiger partial charge in [0.25, 0.3) is 0 Å².